The predicted molar refractivity (Wildman–Crippen MR) is 110 cm³/mol. The second kappa shape index (κ2) is 9.58. The van der Waals surface area contributed by atoms with Gasteiger partial charge in [0.2, 0.25) is 0 Å². The summed E-state index contributed by atoms with van der Waals surface area (Å²) in [7, 11) is 0. The molecule has 0 aliphatic carbocycles. The number of nitrogens with one attached hydrogen (secondary N) is 3. The van der Waals surface area contributed by atoms with E-state index in [0.717, 1.165) is 32.8 Å². The fourth-order valence-electron chi connectivity index (χ4n) is 2.99. The number of thiocarbonyl (C=S) groups is 1. The number of hydrogen-bond acceptors (Lipinski definition) is 6. The van der Waals surface area contributed by atoms with E-state index in [-0.39, 0.29) is 11.3 Å². The number of hydrazine groups is 1. The number of aryl methyl sites for hydroxylation is 1. The number of ether oxygens (including phenoxy) is 1. The van der Waals surface area contributed by atoms with Gasteiger partial charge in [-0.1, -0.05) is 18.2 Å². The van der Waals surface area contributed by atoms with Gasteiger partial charge >= 0.3 is 0 Å². The van der Waals surface area contributed by atoms with Crippen molar-refractivity contribution in [1.29, 1.82) is 0 Å². The first-order chi connectivity index (χ1) is 13.6. The number of carbonyl (C=O) groups is 1. The highest BCUT2D eigenvalue weighted by Gasteiger charge is 2.16. The van der Waals surface area contributed by atoms with E-state index in [0.29, 0.717) is 29.0 Å². The predicted octanol–water partition coefficient (Wildman–Crippen LogP) is -0.142. The number of hydrogen-bond donors (Lipinski definition) is 3. The van der Waals surface area contributed by atoms with Crippen molar-refractivity contribution in [1.82, 2.24) is 30.8 Å². The molecule has 2 aromatic rings. The van der Waals surface area contributed by atoms with Crippen LogP contribution in [0.4, 0.5) is 0 Å². The van der Waals surface area contributed by atoms with Gasteiger partial charge in [0.1, 0.15) is 0 Å². The number of amides is 1. The Labute approximate surface area is 168 Å². The molecule has 0 unspecified atom stereocenters. The molecule has 0 radical (unpaired) electrons. The van der Waals surface area contributed by atoms with Crippen LogP contribution in [-0.4, -0.2) is 65.1 Å². The van der Waals surface area contributed by atoms with Gasteiger partial charge in [-0.05, 0) is 25.2 Å². The molecule has 9 nitrogen and oxygen atoms in total. The molecule has 3 rings (SSSR count). The van der Waals surface area contributed by atoms with E-state index in [1.165, 1.54) is 4.68 Å². The van der Waals surface area contributed by atoms with Crippen molar-refractivity contribution in [2.24, 2.45) is 0 Å². The maximum absolute atomic E-state index is 12.6. The molecule has 1 aliphatic heterocycles. The number of aromatic nitrogens is 2. The Morgan fingerprint density at radius 2 is 1.93 bits per heavy atom. The minimum Gasteiger partial charge on any atom is -0.379 e. The molecule has 1 saturated heterocycles. The van der Waals surface area contributed by atoms with Crippen molar-refractivity contribution in [3.05, 3.63) is 40.3 Å². The first kappa shape index (κ1) is 20.2. The SMILES string of the molecule is CCn1nc(C(=O)NNC(=S)NCCN2CCOCC2)c2ccccc2c1=O. The lowest BCUT2D eigenvalue weighted by atomic mass is 10.1. The largest absolute Gasteiger partial charge is 0.379 e. The molecule has 150 valence electrons. The average Bonchev–Trinajstić information content (AvgIpc) is 2.73. The van der Waals surface area contributed by atoms with E-state index in [1.54, 1.807) is 31.2 Å². The molecule has 0 spiro atoms. The summed E-state index contributed by atoms with van der Waals surface area (Å²) in [6, 6.07) is 6.92. The van der Waals surface area contributed by atoms with Gasteiger partial charge < -0.3 is 10.1 Å². The lowest BCUT2D eigenvalue weighted by Crippen LogP contribution is -2.49. The van der Waals surface area contributed by atoms with E-state index in [4.69, 9.17) is 17.0 Å². The van der Waals surface area contributed by atoms with Crippen molar-refractivity contribution in [3.63, 3.8) is 0 Å². The summed E-state index contributed by atoms with van der Waals surface area (Å²) < 4.78 is 6.59. The Hall–Kier alpha value is -2.56. The van der Waals surface area contributed by atoms with Crippen LogP contribution in [-0.2, 0) is 11.3 Å². The van der Waals surface area contributed by atoms with Crippen LogP contribution in [0.15, 0.2) is 29.1 Å². The Balaban J connectivity index is 1.58. The Morgan fingerprint density at radius 1 is 1.21 bits per heavy atom. The molecule has 1 aromatic heterocycles. The summed E-state index contributed by atoms with van der Waals surface area (Å²) >= 11 is 5.20. The molecule has 0 atom stereocenters. The van der Waals surface area contributed by atoms with Gasteiger partial charge in [0, 0.05) is 38.1 Å². The molecule has 1 aromatic carbocycles. The summed E-state index contributed by atoms with van der Waals surface area (Å²) in [5, 5.41) is 8.51. The highest BCUT2D eigenvalue weighted by atomic mass is 32.1. The van der Waals surface area contributed by atoms with Crippen LogP contribution in [0.25, 0.3) is 10.8 Å². The molecule has 0 bridgehead atoms. The van der Waals surface area contributed by atoms with Crippen LogP contribution < -0.4 is 21.7 Å². The second-order valence-electron chi connectivity index (χ2n) is 6.30. The Kier molecular flexibility index (Phi) is 6.90. The third kappa shape index (κ3) is 4.83. The maximum Gasteiger partial charge on any atom is 0.290 e. The number of carbonyl (C=O) groups excluding carboxylic acids is 1. The number of rotatable bonds is 5. The van der Waals surface area contributed by atoms with E-state index in [2.05, 4.69) is 26.2 Å². The van der Waals surface area contributed by atoms with Crippen LogP contribution in [0.5, 0.6) is 0 Å². The molecule has 1 aliphatic rings. The number of fused-ring (bicyclic) bond motifs is 1. The van der Waals surface area contributed by atoms with Gasteiger partial charge in [-0.15, -0.1) is 0 Å². The third-order valence-corrected chi connectivity index (χ3v) is 4.74. The maximum atomic E-state index is 12.6. The van der Waals surface area contributed by atoms with Crippen molar-refractivity contribution < 1.29 is 9.53 Å². The highest BCUT2D eigenvalue weighted by Crippen LogP contribution is 2.12. The van der Waals surface area contributed by atoms with Gasteiger partial charge in [-0.2, -0.15) is 5.10 Å². The van der Waals surface area contributed by atoms with Gasteiger partial charge in [0.25, 0.3) is 11.5 Å². The van der Waals surface area contributed by atoms with Gasteiger partial charge in [0.05, 0.1) is 18.6 Å². The van der Waals surface area contributed by atoms with Crippen molar-refractivity contribution in [3.8, 4) is 0 Å². The fraction of sp³-hybridized carbons (Fsp3) is 0.444. The monoisotopic (exact) mass is 404 g/mol. The van der Waals surface area contributed by atoms with Gasteiger partial charge in [0.15, 0.2) is 10.8 Å². The molecule has 0 saturated carbocycles. The lowest BCUT2D eigenvalue weighted by molar-refractivity contribution is 0.0389. The quantitative estimate of drug-likeness (QED) is 0.468. The normalized spacial score (nSPS) is 14.6. The van der Waals surface area contributed by atoms with E-state index in [1.807, 2.05) is 0 Å². The molecular formula is C18H24N6O3S. The molecule has 1 amide bonds. The highest BCUT2D eigenvalue weighted by molar-refractivity contribution is 7.80. The fourth-order valence-corrected chi connectivity index (χ4v) is 3.14. The zero-order valence-electron chi connectivity index (χ0n) is 15.7. The average molecular weight is 404 g/mol. The smallest absolute Gasteiger partial charge is 0.290 e. The molecule has 28 heavy (non-hydrogen) atoms. The van der Waals surface area contributed by atoms with Crippen LogP contribution >= 0.6 is 12.2 Å². The second-order valence-corrected chi connectivity index (χ2v) is 6.71. The zero-order valence-corrected chi connectivity index (χ0v) is 16.6. The minimum atomic E-state index is -0.462. The van der Waals surface area contributed by atoms with Crippen molar-refractivity contribution >= 4 is 34.0 Å². The number of nitrogens with zero attached hydrogens (tertiary/aromatic N) is 3. The first-order valence-electron chi connectivity index (χ1n) is 9.24. The first-order valence-corrected chi connectivity index (χ1v) is 9.65. The summed E-state index contributed by atoms with van der Waals surface area (Å²) in [5.41, 5.74) is 5.18. The van der Waals surface area contributed by atoms with Crippen molar-refractivity contribution in [2.45, 2.75) is 13.5 Å². The molecule has 2 heterocycles. The van der Waals surface area contributed by atoms with E-state index in [9.17, 15) is 9.59 Å². The molecule has 1 fully saturated rings. The third-order valence-electron chi connectivity index (χ3n) is 4.49. The van der Waals surface area contributed by atoms with E-state index >= 15 is 0 Å². The standard InChI is InChI=1S/C18H24N6O3S/c1-2-24-17(26)14-6-4-3-5-13(14)15(22-24)16(25)20-21-18(28)19-7-8-23-9-11-27-12-10-23/h3-6H,2,7-12H2,1H3,(H,20,25)(H2,19,21,28). The summed E-state index contributed by atoms with van der Waals surface area (Å²) in [6.45, 7) is 6.99. The topological polar surface area (TPSA) is 101 Å². The van der Waals surface area contributed by atoms with Crippen LogP contribution in [0.3, 0.4) is 0 Å². The summed E-state index contributed by atoms with van der Waals surface area (Å²) in [4.78, 5) is 27.2. The molecule has 10 heteroatoms. The summed E-state index contributed by atoms with van der Waals surface area (Å²) in [6.07, 6.45) is 0. The van der Waals surface area contributed by atoms with Crippen molar-refractivity contribution in [2.75, 3.05) is 39.4 Å². The van der Waals surface area contributed by atoms with Crippen LogP contribution in [0.1, 0.15) is 17.4 Å². The lowest BCUT2D eigenvalue weighted by Gasteiger charge is -2.26. The molecule has 3 N–H and O–H groups in total. The minimum absolute atomic E-state index is 0.167. The van der Waals surface area contributed by atoms with E-state index < -0.39 is 5.91 Å². The number of morpholine rings is 1. The Bertz CT molecular complexity index is 910. The van der Waals surface area contributed by atoms with Gasteiger partial charge in [-0.25, -0.2) is 4.68 Å². The molecular weight excluding hydrogens is 380 g/mol. The zero-order chi connectivity index (χ0) is 19.9. The Morgan fingerprint density at radius 3 is 2.64 bits per heavy atom. The van der Waals surface area contributed by atoms with Gasteiger partial charge in [-0.3, -0.25) is 25.3 Å². The number of benzene rings is 1. The summed E-state index contributed by atoms with van der Waals surface area (Å²) in [5.74, 6) is -0.462. The van der Waals surface area contributed by atoms with Crippen LogP contribution in [0, 0.1) is 0 Å². The van der Waals surface area contributed by atoms with Crippen LogP contribution in [0.2, 0.25) is 0 Å².